The number of carbonyl (C=O) groups excluding carboxylic acids is 2. The van der Waals surface area contributed by atoms with E-state index >= 15 is 0 Å². The number of thiophene rings is 1. The van der Waals surface area contributed by atoms with Crippen LogP contribution in [0.2, 0.25) is 0 Å². The van der Waals surface area contributed by atoms with Gasteiger partial charge in [-0.15, -0.1) is 11.3 Å². The Hall–Kier alpha value is -2.18. The van der Waals surface area contributed by atoms with Gasteiger partial charge < -0.3 is 10.1 Å². The van der Waals surface area contributed by atoms with Crippen LogP contribution in [0.25, 0.3) is 0 Å². The van der Waals surface area contributed by atoms with Crippen molar-refractivity contribution in [3.05, 3.63) is 51.9 Å². The molecule has 1 N–H and O–H groups in total. The molecule has 1 atom stereocenters. The molecule has 0 saturated carbocycles. The Morgan fingerprint density at radius 1 is 1.19 bits per heavy atom. The fourth-order valence-electron chi connectivity index (χ4n) is 4.13. The van der Waals surface area contributed by atoms with Crippen LogP contribution in [0.3, 0.4) is 0 Å². The highest BCUT2D eigenvalue weighted by atomic mass is 32.1. The van der Waals surface area contributed by atoms with Crippen LogP contribution < -0.4 is 5.32 Å². The number of benzene rings is 1. The molecule has 0 saturated heterocycles. The van der Waals surface area contributed by atoms with Crippen molar-refractivity contribution in [2.24, 2.45) is 5.92 Å². The molecule has 1 aliphatic rings. The smallest absolute Gasteiger partial charge is 0.341 e. The second-order valence-corrected chi connectivity index (χ2v) is 9.22. The maximum absolute atomic E-state index is 12.9. The Bertz CT molecular complexity index is 878. The van der Waals surface area contributed by atoms with E-state index in [4.69, 9.17) is 4.74 Å². The van der Waals surface area contributed by atoms with Crippen molar-refractivity contribution in [2.45, 2.75) is 66.0 Å². The van der Waals surface area contributed by atoms with E-state index in [2.05, 4.69) is 41.4 Å². The summed E-state index contributed by atoms with van der Waals surface area (Å²) in [4.78, 5) is 29.3. The van der Waals surface area contributed by atoms with Crippen molar-refractivity contribution in [3.63, 3.8) is 0 Å². The third-order valence-electron chi connectivity index (χ3n) is 5.87. The lowest BCUT2D eigenvalue weighted by Gasteiger charge is -2.27. The van der Waals surface area contributed by atoms with E-state index in [1.807, 2.05) is 19.9 Å². The van der Waals surface area contributed by atoms with Gasteiger partial charge in [0.2, 0.25) is 5.91 Å². The van der Waals surface area contributed by atoms with E-state index in [0.717, 1.165) is 62.2 Å². The van der Waals surface area contributed by atoms with Gasteiger partial charge in [-0.05, 0) is 37.3 Å². The zero-order valence-electron chi connectivity index (χ0n) is 18.9. The van der Waals surface area contributed by atoms with Crippen molar-refractivity contribution in [3.8, 4) is 0 Å². The molecule has 3 rings (SSSR count). The number of nitrogens with one attached hydrogen (secondary N) is 1. The quantitative estimate of drug-likeness (QED) is 0.484. The molecule has 6 heteroatoms. The predicted molar refractivity (Wildman–Crippen MR) is 126 cm³/mol. The summed E-state index contributed by atoms with van der Waals surface area (Å²) in [6, 6.07) is 10.4. The Morgan fingerprint density at radius 3 is 2.65 bits per heavy atom. The average Bonchev–Trinajstić information content (AvgIpc) is 3.12. The third kappa shape index (κ3) is 5.95. The number of fused-ring (bicyclic) bond motifs is 1. The molecular formula is C25H34N2O3S. The maximum Gasteiger partial charge on any atom is 0.341 e. The molecule has 31 heavy (non-hydrogen) atoms. The van der Waals surface area contributed by atoms with E-state index in [0.29, 0.717) is 17.2 Å². The van der Waals surface area contributed by atoms with Crippen molar-refractivity contribution in [1.82, 2.24) is 4.90 Å². The van der Waals surface area contributed by atoms with Crippen molar-refractivity contribution >= 4 is 28.2 Å². The molecule has 0 unspecified atom stereocenters. The van der Waals surface area contributed by atoms with Gasteiger partial charge in [0.25, 0.3) is 0 Å². The molecule has 5 nitrogen and oxygen atoms in total. The normalized spacial score (nSPS) is 14.7. The van der Waals surface area contributed by atoms with Crippen LogP contribution >= 0.6 is 11.3 Å². The lowest BCUT2D eigenvalue weighted by atomic mass is 9.98. The first-order valence-corrected chi connectivity index (χ1v) is 12.3. The molecule has 2 heterocycles. The third-order valence-corrected chi connectivity index (χ3v) is 7.00. The number of unbranched alkanes of at least 4 members (excludes halogenated alkanes) is 1. The fourth-order valence-corrected chi connectivity index (χ4v) is 5.41. The SMILES string of the molecule is CCCC[C@@H](CC)C(=O)Nc1sc2c(c1C(=O)OCC)CCN(Cc1ccccc1)C2. The molecular weight excluding hydrogens is 408 g/mol. The number of anilines is 1. The topological polar surface area (TPSA) is 58.6 Å². The number of nitrogens with zero attached hydrogens (tertiary/aromatic N) is 1. The number of esters is 1. The maximum atomic E-state index is 12.9. The second-order valence-electron chi connectivity index (χ2n) is 8.11. The van der Waals surface area contributed by atoms with E-state index in [9.17, 15) is 9.59 Å². The van der Waals surface area contributed by atoms with Crippen molar-refractivity contribution in [1.29, 1.82) is 0 Å². The first kappa shape index (κ1) is 23.5. The monoisotopic (exact) mass is 442 g/mol. The van der Waals surface area contributed by atoms with Gasteiger partial charge >= 0.3 is 5.97 Å². The average molecular weight is 443 g/mol. The number of rotatable bonds is 10. The van der Waals surface area contributed by atoms with E-state index in [1.54, 1.807) is 0 Å². The van der Waals surface area contributed by atoms with Gasteiger partial charge in [0.05, 0.1) is 12.2 Å². The summed E-state index contributed by atoms with van der Waals surface area (Å²) >= 11 is 1.54. The van der Waals surface area contributed by atoms with Crippen LogP contribution in [0.15, 0.2) is 30.3 Å². The molecule has 2 aromatic rings. The molecule has 1 aromatic carbocycles. The van der Waals surface area contributed by atoms with Crippen LogP contribution in [0, 0.1) is 5.92 Å². The van der Waals surface area contributed by atoms with Crippen LogP contribution in [-0.2, 0) is 29.0 Å². The van der Waals surface area contributed by atoms with E-state index in [1.165, 1.54) is 16.9 Å². The minimum Gasteiger partial charge on any atom is -0.462 e. The predicted octanol–water partition coefficient (Wildman–Crippen LogP) is 5.64. The summed E-state index contributed by atoms with van der Waals surface area (Å²) in [6.07, 6.45) is 4.57. The van der Waals surface area contributed by atoms with Crippen LogP contribution in [0.1, 0.15) is 72.8 Å². The van der Waals surface area contributed by atoms with Crippen LogP contribution in [0.5, 0.6) is 0 Å². The van der Waals surface area contributed by atoms with Crippen LogP contribution in [-0.4, -0.2) is 29.9 Å². The molecule has 0 spiro atoms. The number of hydrogen-bond acceptors (Lipinski definition) is 5. The highest BCUT2D eigenvalue weighted by Crippen LogP contribution is 2.38. The standard InChI is InChI=1S/C25H34N2O3S/c1-4-7-13-19(5-2)23(28)26-24-22(25(29)30-6-3)20-14-15-27(17-21(20)31-24)16-18-11-9-8-10-12-18/h8-12,19H,4-7,13-17H2,1-3H3,(H,26,28)/t19-/m1/s1. The lowest BCUT2D eigenvalue weighted by Crippen LogP contribution is -2.30. The summed E-state index contributed by atoms with van der Waals surface area (Å²) in [5.41, 5.74) is 2.90. The minimum atomic E-state index is -0.326. The van der Waals surface area contributed by atoms with Gasteiger partial charge in [0.1, 0.15) is 5.00 Å². The van der Waals surface area contributed by atoms with Crippen LogP contribution in [0.4, 0.5) is 5.00 Å². The Labute approximate surface area is 189 Å². The van der Waals surface area contributed by atoms with Gasteiger partial charge in [-0.1, -0.05) is 57.0 Å². The first-order chi connectivity index (χ1) is 15.1. The number of amides is 1. The highest BCUT2D eigenvalue weighted by Gasteiger charge is 2.30. The molecule has 1 aliphatic heterocycles. The summed E-state index contributed by atoms with van der Waals surface area (Å²) < 4.78 is 5.35. The Kier molecular flexibility index (Phi) is 8.67. The molecule has 1 amide bonds. The molecule has 0 fully saturated rings. The number of hydrogen-bond donors (Lipinski definition) is 1. The molecule has 0 radical (unpaired) electrons. The largest absolute Gasteiger partial charge is 0.462 e. The van der Waals surface area contributed by atoms with Gasteiger partial charge in [-0.25, -0.2) is 4.79 Å². The number of carbonyl (C=O) groups is 2. The summed E-state index contributed by atoms with van der Waals surface area (Å²) in [7, 11) is 0. The molecule has 168 valence electrons. The van der Waals surface area contributed by atoms with E-state index < -0.39 is 0 Å². The second kappa shape index (κ2) is 11.4. The molecule has 0 aliphatic carbocycles. The summed E-state index contributed by atoms with van der Waals surface area (Å²) in [5, 5.41) is 3.75. The lowest BCUT2D eigenvalue weighted by molar-refractivity contribution is -0.120. The fraction of sp³-hybridized carbons (Fsp3) is 0.520. The van der Waals surface area contributed by atoms with E-state index in [-0.39, 0.29) is 17.8 Å². The zero-order valence-corrected chi connectivity index (χ0v) is 19.7. The first-order valence-electron chi connectivity index (χ1n) is 11.5. The summed E-state index contributed by atoms with van der Waals surface area (Å²) in [5.74, 6) is -0.335. The molecule has 1 aromatic heterocycles. The van der Waals surface area contributed by atoms with Gasteiger partial charge in [0, 0.05) is 30.4 Å². The van der Waals surface area contributed by atoms with Gasteiger partial charge in [-0.2, -0.15) is 0 Å². The van der Waals surface area contributed by atoms with Crippen molar-refractivity contribution < 1.29 is 14.3 Å². The van der Waals surface area contributed by atoms with Gasteiger partial charge in [0.15, 0.2) is 0 Å². The highest BCUT2D eigenvalue weighted by molar-refractivity contribution is 7.17. The zero-order chi connectivity index (χ0) is 22.2. The Morgan fingerprint density at radius 2 is 1.97 bits per heavy atom. The summed E-state index contributed by atoms with van der Waals surface area (Å²) in [6.45, 7) is 8.87. The number of ether oxygens (including phenoxy) is 1. The van der Waals surface area contributed by atoms with Gasteiger partial charge in [-0.3, -0.25) is 9.69 Å². The minimum absolute atomic E-state index is 0.0150. The molecule has 0 bridgehead atoms. The van der Waals surface area contributed by atoms with Crippen molar-refractivity contribution in [2.75, 3.05) is 18.5 Å². The Balaban J connectivity index is 1.81.